The number of methoxy groups -OCH3 is 1. The van der Waals surface area contributed by atoms with E-state index in [1.54, 1.807) is 0 Å². The highest BCUT2D eigenvalue weighted by Crippen LogP contribution is 2.44. The Morgan fingerprint density at radius 1 is 1.00 bits per heavy atom. The molecule has 0 bridgehead atoms. The number of hydrogen-bond acceptors (Lipinski definition) is 6. The second-order valence-corrected chi connectivity index (χ2v) is 7.49. The quantitative estimate of drug-likeness (QED) is 0.219. The van der Waals surface area contributed by atoms with Crippen LogP contribution in [-0.4, -0.2) is 47.4 Å². The molecule has 0 aromatic heterocycles. The summed E-state index contributed by atoms with van der Waals surface area (Å²) in [6.07, 6.45) is 0. The summed E-state index contributed by atoms with van der Waals surface area (Å²) in [5.41, 5.74) is -0.490. The van der Waals surface area contributed by atoms with Gasteiger partial charge in [-0.1, -0.05) is 46.4 Å². The number of benzene rings is 2. The number of rotatable bonds is 4. The summed E-state index contributed by atoms with van der Waals surface area (Å²) in [5.74, 6) is -3.66. The van der Waals surface area contributed by atoms with Crippen LogP contribution in [0.3, 0.4) is 0 Å². The zero-order valence-electron chi connectivity index (χ0n) is 14.9. The van der Waals surface area contributed by atoms with Gasteiger partial charge in [0.1, 0.15) is 12.3 Å². The predicted molar refractivity (Wildman–Crippen MR) is 110 cm³/mol. The van der Waals surface area contributed by atoms with Crippen molar-refractivity contribution in [3.8, 4) is 5.75 Å². The van der Waals surface area contributed by atoms with Crippen molar-refractivity contribution in [3.05, 3.63) is 55.0 Å². The number of ether oxygens (including phenoxy) is 1. The van der Waals surface area contributed by atoms with Crippen molar-refractivity contribution in [2.45, 2.75) is 0 Å². The van der Waals surface area contributed by atoms with Gasteiger partial charge in [0.05, 0.1) is 49.6 Å². The molecule has 0 aliphatic carbocycles. The predicted octanol–water partition coefficient (Wildman–Crippen LogP) is 4.03. The van der Waals surface area contributed by atoms with Crippen LogP contribution in [0.25, 0.3) is 0 Å². The van der Waals surface area contributed by atoms with E-state index in [-0.39, 0.29) is 42.5 Å². The second kappa shape index (κ2) is 8.31. The molecule has 0 unspecified atom stereocenters. The van der Waals surface area contributed by atoms with Crippen molar-refractivity contribution in [2.75, 3.05) is 19.0 Å². The average Bonchev–Trinajstić information content (AvgIpc) is 2.96. The molecular formula is C18H10Cl4N2O6. The van der Waals surface area contributed by atoms with Gasteiger partial charge in [-0.2, -0.15) is 0 Å². The summed E-state index contributed by atoms with van der Waals surface area (Å²) in [6, 6.07) is 3.66. The van der Waals surface area contributed by atoms with Crippen LogP contribution in [0.1, 0.15) is 31.1 Å². The van der Waals surface area contributed by atoms with Crippen LogP contribution < -0.4 is 5.32 Å². The van der Waals surface area contributed by atoms with E-state index in [1.807, 2.05) is 0 Å². The Labute approximate surface area is 189 Å². The summed E-state index contributed by atoms with van der Waals surface area (Å²) in [5, 5.41) is 11.4. The Bertz CT molecular complexity index is 1090. The fourth-order valence-electron chi connectivity index (χ4n) is 2.75. The lowest BCUT2D eigenvalue weighted by molar-refractivity contribution is -0.116. The Hall–Kier alpha value is -2.52. The molecule has 1 aliphatic heterocycles. The normalized spacial score (nSPS) is 12.8. The van der Waals surface area contributed by atoms with E-state index in [0.29, 0.717) is 4.90 Å². The average molecular weight is 492 g/mol. The minimum Gasteiger partial charge on any atom is -0.506 e. The van der Waals surface area contributed by atoms with Gasteiger partial charge in [0.15, 0.2) is 0 Å². The van der Waals surface area contributed by atoms with Crippen molar-refractivity contribution in [1.82, 2.24) is 4.90 Å². The van der Waals surface area contributed by atoms with E-state index in [4.69, 9.17) is 46.4 Å². The first-order valence-electron chi connectivity index (χ1n) is 8.01. The summed E-state index contributed by atoms with van der Waals surface area (Å²) >= 11 is 23.9. The molecule has 8 nitrogen and oxygen atoms in total. The number of imide groups is 1. The molecule has 156 valence electrons. The van der Waals surface area contributed by atoms with Gasteiger partial charge in [-0.15, -0.1) is 0 Å². The van der Waals surface area contributed by atoms with Crippen molar-refractivity contribution < 1.29 is 29.0 Å². The lowest BCUT2D eigenvalue weighted by Gasteiger charge is -2.14. The monoisotopic (exact) mass is 490 g/mol. The number of carbonyl (C=O) groups is 4. The number of phenols is 1. The number of phenolic OH excluding ortho intramolecular Hbond substituents is 1. The molecule has 2 aromatic carbocycles. The first-order valence-corrected chi connectivity index (χ1v) is 9.53. The maximum atomic E-state index is 12.6. The number of esters is 1. The van der Waals surface area contributed by atoms with Gasteiger partial charge in [0.25, 0.3) is 11.8 Å². The van der Waals surface area contributed by atoms with Crippen LogP contribution in [-0.2, 0) is 9.53 Å². The fraction of sp³-hybridized carbons (Fsp3) is 0.111. The molecule has 2 N–H and O–H groups in total. The molecule has 3 amide bonds. The van der Waals surface area contributed by atoms with E-state index in [2.05, 4.69) is 10.1 Å². The Morgan fingerprint density at radius 3 is 2.00 bits per heavy atom. The highest BCUT2D eigenvalue weighted by atomic mass is 35.5. The summed E-state index contributed by atoms with van der Waals surface area (Å²) in [6.45, 7) is -0.702. The van der Waals surface area contributed by atoms with Gasteiger partial charge < -0.3 is 15.2 Å². The molecule has 0 fully saturated rings. The number of halogens is 4. The Kier molecular flexibility index (Phi) is 6.14. The molecule has 0 radical (unpaired) electrons. The standard InChI is InChI=1S/C18H10Cl4N2O6/c1-30-18(29)6-2-3-7(8(25)4-6)23-9(26)5-24-16(27)10-11(17(24)28)13(20)15(22)14(21)12(10)19/h2-4,25H,5H2,1H3,(H,23,26). The maximum Gasteiger partial charge on any atom is 0.337 e. The zero-order valence-corrected chi connectivity index (χ0v) is 17.9. The number of hydrogen-bond donors (Lipinski definition) is 2. The first kappa shape index (κ1) is 22.2. The number of anilines is 1. The lowest BCUT2D eigenvalue weighted by atomic mass is 10.1. The topological polar surface area (TPSA) is 113 Å². The number of nitrogens with zero attached hydrogens (tertiary/aromatic N) is 1. The summed E-state index contributed by atoms with van der Waals surface area (Å²) < 4.78 is 4.53. The molecule has 1 heterocycles. The third-order valence-electron chi connectivity index (χ3n) is 4.18. The van der Waals surface area contributed by atoms with Crippen LogP contribution in [0.15, 0.2) is 18.2 Å². The summed E-state index contributed by atoms with van der Waals surface area (Å²) in [7, 11) is 1.18. The van der Waals surface area contributed by atoms with Crippen molar-refractivity contribution in [3.63, 3.8) is 0 Å². The minimum absolute atomic E-state index is 0.0496. The van der Waals surface area contributed by atoms with E-state index in [0.717, 1.165) is 6.07 Å². The van der Waals surface area contributed by atoms with Gasteiger partial charge >= 0.3 is 5.97 Å². The van der Waals surface area contributed by atoms with Gasteiger partial charge in [-0.25, -0.2) is 4.79 Å². The van der Waals surface area contributed by atoms with Crippen LogP contribution in [0.4, 0.5) is 5.69 Å². The Morgan fingerprint density at radius 2 is 1.53 bits per heavy atom. The molecule has 1 aliphatic rings. The fourth-order valence-corrected chi connectivity index (χ4v) is 3.77. The number of nitrogens with one attached hydrogen (secondary N) is 1. The van der Waals surface area contributed by atoms with Crippen molar-refractivity contribution >= 4 is 75.8 Å². The Balaban J connectivity index is 1.82. The van der Waals surface area contributed by atoms with Crippen LogP contribution >= 0.6 is 46.4 Å². The highest BCUT2D eigenvalue weighted by Gasteiger charge is 2.42. The molecule has 2 aromatic rings. The van der Waals surface area contributed by atoms with E-state index in [9.17, 15) is 24.3 Å². The number of carbonyl (C=O) groups excluding carboxylic acids is 4. The summed E-state index contributed by atoms with van der Waals surface area (Å²) in [4.78, 5) is 49.7. The van der Waals surface area contributed by atoms with E-state index < -0.39 is 36.0 Å². The third-order valence-corrected chi connectivity index (χ3v) is 5.98. The molecule has 3 rings (SSSR count). The SMILES string of the molecule is COC(=O)c1ccc(NC(=O)CN2C(=O)c3c(Cl)c(Cl)c(Cl)c(Cl)c3C2=O)c(O)c1. The molecule has 0 saturated heterocycles. The highest BCUT2D eigenvalue weighted by molar-refractivity contribution is 6.55. The van der Waals surface area contributed by atoms with E-state index >= 15 is 0 Å². The number of amides is 3. The van der Waals surface area contributed by atoms with Crippen LogP contribution in [0, 0.1) is 0 Å². The first-order chi connectivity index (χ1) is 14.1. The molecule has 0 atom stereocenters. The van der Waals surface area contributed by atoms with Crippen LogP contribution in [0.5, 0.6) is 5.75 Å². The maximum absolute atomic E-state index is 12.6. The molecule has 0 saturated carbocycles. The van der Waals surface area contributed by atoms with Crippen LogP contribution in [0.2, 0.25) is 20.1 Å². The van der Waals surface area contributed by atoms with E-state index in [1.165, 1.54) is 19.2 Å². The van der Waals surface area contributed by atoms with Gasteiger partial charge in [-0.3, -0.25) is 19.3 Å². The van der Waals surface area contributed by atoms with Crippen molar-refractivity contribution in [1.29, 1.82) is 0 Å². The smallest absolute Gasteiger partial charge is 0.337 e. The molecular weight excluding hydrogens is 482 g/mol. The number of fused-ring (bicyclic) bond motifs is 1. The molecule has 12 heteroatoms. The van der Waals surface area contributed by atoms with Gasteiger partial charge in [0.2, 0.25) is 5.91 Å². The largest absolute Gasteiger partial charge is 0.506 e. The molecule has 0 spiro atoms. The zero-order chi connectivity index (χ0) is 22.3. The minimum atomic E-state index is -0.874. The van der Waals surface area contributed by atoms with Crippen molar-refractivity contribution in [2.24, 2.45) is 0 Å². The molecule has 30 heavy (non-hydrogen) atoms. The lowest BCUT2D eigenvalue weighted by Crippen LogP contribution is -2.37. The van der Waals surface area contributed by atoms with Gasteiger partial charge in [0, 0.05) is 0 Å². The number of aromatic hydroxyl groups is 1. The third kappa shape index (κ3) is 3.67. The van der Waals surface area contributed by atoms with Gasteiger partial charge in [-0.05, 0) is 18.2 Å². The second-order valence-electron chi connectivity index (χ2n) is 5.97.